The Kier molecular flexibility index (Phi) is 5.93. The summed E-state index contributed by atoms with van der Waals surface area (Å²) in [5.41, 5.74) is 0.443. The summed E-state index contributed by atoms with van der Waals surface area (Å²) in [4.78, 5) is 61.0. The van der Waals surface area contributed by atoms with E-state index < -0.39 is 28.6 Å². The maximum Gasteiger partial charge on any atom is 0.337 e. The molecule has 0 aliphatic carbocycles. The molecule has 37 heavy (non-hydrogen) atoms. The van der Waals surface area contributed by atoms with Crippen LogP contribution in [0.3, 0.4) is 0 Å². The highest BCUT2D eigenvalue weighted by Crippen LogP contribution is 2.38. The lowest BCUT2D eigenvalue weighted by molar-refractivity contribution is -0.384. The molecule has 0 unspecified atom stereocenters. The molecule has 1 aromatic heterocycles. The number of non-ortho nitro benzene ring substituents is 1. The van der Waals surface area contributed by atoms with Crippen LogP contribution in [-0.4, -0.2) is 50.1 Å². The summed E-state index contributed by atoms with van der Waals surface area (Å²) in [6, 6.07) is 13.1. The number of imide groups is 1. The van der Waals surface area contributed by atoms with E-state index in [0.29, 0.717) is 27.7 Å². The van der Waals surface area contributed by atoms with Crippen molar-refractivity contribution < 1.29 is 33.3 Å². The fraction of sp³-hybridized carbons (Fsp3) is 0.0417. The number of ether oxygens (including phenoxy) is 1. The number of thiocarbonyl (C=S) groups is 1. The van der Waals surface area contributed by atoms with E-state index in [0.717, 1.165) is 28.9 Å². The van der Waals surface area contributed by atoms with Crippen LogP contribution in [0.2, 0.25) is 0 Å². The van der Waals surface area contributed by atoms with Crippen LogP contribution in [0.5, 0.6) is 0 Å². The number of thioether (sulfide) groups is 1. The van der Waals surface area contributed by atoms with Crippen molar-refractivity contribution >= 4 is 63.8 Å². The number of amides is 3. The van der Waals surface area contributed by atoms with Gasteiger partial charge in [0.1, 0.15) is 11.5 Å². The summed E-state index contributed by atoms with van der Waals surface area (Å²) in [5.74, 6) is -2.12. The number of hydrazine groups is 1. The van der Waals surface area contributed by atoms with Crippen LogP contribution in [0.15, 0.2) is 63.9 Å². The Hall–Kier alpha value is -4.62. The molecule has 2 aromatic carbocycles. The molecule has 0 saturated carbocycles. The van der Waals surface area contributed by atoms with Gasteiger partial charge in [0, 0.05) is 23.8 Å². The third kappa shape index (κ3) is 4.09. The number of hydrogen-bond acceptors (Lipinski definition) is 10. The van der Waals surface area contributed by atoms with Crippen LogP contribution in [0, 0.1) is 10.1 Å². The van der Waals surface area contributed by atoms with Crippen LogP contribution in [-0.2, 0) is 9.53 Å². The molecule has 2 aliphatic rings. The highest BCUT2D eigenvalue weighted by molar-refractivity contribution is 8.26. The van der Waals surface area contributed by atoms with E-state index in [4.69, 9.17) is 16.6 Å². The number of rotatable bonds is 5. The molecule has 1 saturated heterocycles. The Bertz CT molecular complexity index is 1570. The molecule has 3 aromatic rings. The summed E-state index contributed by atoms with van der Waals surface area (Å²) in [5, 5.41) is 12.4. The highest BCUT2D eigenvalue weighted by atomic mass is 32.2. The Morgan fingerprint density at radius 1 is 1.00 bits per heavy atom. The number of nitro groups is 1. The number of nitro benzene ring substituents is 1. The Labute approximate surface area is 217 Å². The van der Waals surface area contributed by atoms with Gasteiger partial charge >= 0.3 is 5.97 Å². The highest BCUT2D eigenvalue weighted by Gasteiger charge is 2.47. The van der Waals surface area contributed by atoms with Crippen molar-refractivity contribution in [2.24, 2.45) is 0 Å². The van der Waals surface area contributed by atoms with Gasteiger partial charge in [-0.15, -0.1) is 0 Å². The molecular formula is C24H13N3O8S2. The van der Waals surface area contributed by atoms with Gasteiger partial charge in [0.15, 0.2) is 4.32 Å². The molecule has 3 heterocycles. The van der Waals surface area contributed by atoms with E-state index in [1.54, 1.807) is 36.4 Å². The minimum absolute atomic E-state index is 0.0644. The summed E-state index contributed by atoms with van der Waals surface area (Å²) in [6.45, 7) is 0. The van der Waals surface area contributed by atoms with Gasteiger partial charge < -0.3 is 9.15 Å². The first-order valence-corrected chi connectivity index (χ1v) is 11.7. The van der Waals surface area contributed by atoms with E-state index >= 15 is 0 Å². The Balaban J connectivity index is 1.38. The molecule has 0 radical (unpaired) electrons. The molecular weight excluding hydrogens is 522 g/mol. The number of nitrogens with zero attached hydrogens (tertiary/aromatic N) is 3. The normalized spacial score (nSPS) is 16.1. The van der Waals surface area contributed by atoms with Gasteiger partial charge in [0.25, 0.3) is 23.4 Å². The quantitative estimate of drug-likeness (QED) is 0.117. The SMILES string of the molecule is COC(=O)c1ccc(-c2ccc(/C=C3/SC(=S)N(N4C(=O)c5ccc([N+](=O)[O-])cc5C4=O)C3=O)o2)cc1. The zero-order valence-corrected chi connectivity index (χ0v) is 20.3. The molecule has 184 valence electrons. The van der Waals surface area contributed by atoms with Gasteiger partial charge in [0.05, 0.1) is 33.6 Å². The summed E-state index contributed by atoms with van der Waals surface area (Å²) >= 11 is 6.13. The van der Waals surface area contributed by atoms with Crippen LogP contribution >= 0.6 is 24.0 Å². The molecule has 0 N–H and O–H groups in total. The molecule has 11 nitrogen and oxygen atoms in total. The topological polar surface area (TPSA) is 140 Å². The molecule has 13 heteroatoms. The Morgan fingerprint density at radius 3 is 2.38 bits per heavy atom. The zero-order valence-electron chi connectivity index (χ0n) is 18.7. The zero-order chi connectivity index (χ0) is 26.4. The van der Waals surface area contributed by atoms with Crippen molar-refractivity contribution in [2.45, 2.75) is 0 Å². The summed E-state index contributed by atoms with van der Waals surface area (Å²) < 4.78 is 10.4. The second kappa shape index (κ2) is 9.11. The maximum atomic E-state index is 13.1. The van der Waals surface area contributed by atoms with Gasteiger partial charge in [-0.1, -0.05) is 23.9 Å². The van der Waals surface area contributed by atoms with Crippen LogP contribution in [0.25, 0.3) is 17.4 Å². The number of fused-ring (bicyclic) bond motifs is 1. The van der Waals surface area contributed by atoms with E-state index in [2.05, 4.69) is 4.74 Å². The lowest BCUT2D eigenvalue weighted by Crippen LogP contribution is -2.48. The lowest BCUT2D eigenvalue weighted by atomic mass is 10.1. The minimum Gasteiger partial charge on any atom is -0.465 e. The van der Waals surface area contributed by atoms with E-state index in [9.17, 15) is 29.3 Å². The number of hydrogen-bond donors (Lipinski definition) is 0. The number of furan rings is 1. The molecule has 5 rings (SSSR count). The van der Waals surface area contributed by atoms with Gasteiger partial charge in [-0.2, -0.15) is 10.0 Å². The first-order valence-electron chi connectivity index (χ1n) is 10.4. The smallest absolute Gasteiger partial charge is 0.337 e. The third-order valence-electron chi connectivity index (χ3n) is 5.52. The predicted octanol–water partition coefficient (Wildman–Crippen LogP) is 4.05. The van der Waals surface area contributed by atoms with Gasteiger partial charge in [0.2, 0.25) is 0 Å². The number of carbonyl (C=O) groups is 4. The number of methoxy groups -OCH3 is 1. The van der Waals surface area contributed by atoms with Crippen molar-refractivity contribution in [1.29, 1.82) is 0 Å². The van der Waals surface area contributed by atoms with Crippen LogP contribution < -0.4 is 0 Å². The first kappa shape index (κ1) is 24.1. The van der Waals surface area contributed by atoms with Crippen LogP contribution in [0.4, 0.5) is 5.69 Å². The van der Waals surface area contributed by atoms with Crippen LogP contribution in [0.1, 0.15) is 36.8 Å². The molecule has 0 bridgehead atoms. The van der Waals surface area contributed by atoms with Crippen molar-refractivity contribution in [3.8, 4) is 11.3 Å². The monoisotopic (exact) mass is 535 g/mol. The van der Waals surface area contributed by atoms with Gasteiger partial charge in [-0.25, -0.2) is 4.79 Å². The van der Waals surface area contributed by atoms with E-state index in [-0.39, 0.29) is 26.0 Å². The summed E-state index contributed by atoms with van der Waals surface area (Å²) in [7, 11) is 1.29. The minimum atomic E-state index is -0.892. The molecule has 2 aliphatic heterocycles. The molecule has 3 amide bonds. The molecule has 0 atom stereocenters. The number of esters is 1. The lowest BCUT2D eigenvalue weighted by Gasteiger charge is -2.23. The number of carbonyl (C=O) groups excluding carboxylic acids is 4. The van der Waals surface area contributed by atoms with Gasteiger partial charge in [-0.05, 0) is 42.5 Å². The standard InChI is InChI=1S/C24H13N3O8S2/c1-34-23(31)13-4-2-12(3-5-13)18-9-7-15(35-18)11-19-22(30)26(24(36)37-19)25-20(28)16-8-6-14(27(32)33)10-17(16)21(25)29/h2-11H,1H3/b19-11+. The van der Waals surface area contributed by atoms with Crippen molar-refractivity contribution in [2.75, 3.05) is 7.11 Å². The Morgan fingerprint density at radius 2 is 1.70 bits per heavy atom. The van der Waals surface area contributed by atoms with Crippen molar-refractivity contribution in [1.82, 2.24) is 10.0 Å². The second-order valence-electron chi connectivity index (χ2n) is 7.67. The van der Waals surface area contributed by atoms with E-state index in [1.807, 2.05) is 0 Å². The predicted molar refractivity (Wildman–Crippen MR) is 134 cm³/mol. The fourth-order valence-corrected chi connectivity index (χ4v) is 4.97. The van der Waals surface area contributed by atoms with Crippen molar-refractivity contribution in [3.05, 3.63) is 92.1 Å². The third-order valence-corrected chi connectivity index (χ3v) is 6.81. The molecule has 1 fully saturated rings. The molecule has 0 spiro atoms. The van der Waals surface area contributed by atoms with Crippen molar-refractivity contribution in [3.63, 3.8) is 0 Å². The van der Waals surface area contributed by atoms with Gasteiger partial charge in [-0.3, -0.25) is 24.5 Å². The average Bonchev–Trinajstić information content (AvgIpc) is 3.54. The van der Waals surface area contributed by atoms with E-state index in [1.165, 1.54) is 19.3 Å². The number of benzene rings is 2. The largest absolute Gasteiger partial charge is 0.465 e. The fourth-order valence-electron chi connectivity index (χ4n) is 3.75. The second-order valence-corrected chi connectivity index (χ2v) is 9.35. The average molecular weight is 536 g/mol. The first-order chi connectivity index (χ1) is 17.7. The summed E-state index contributed by atoms with van der Waals surface area (Å²) in [6.07, 6.45) is 1.43. The maximum absolute atomic E-state index is 13.1.